The van der Waals surface area contributed by atoms with Crippen LogP contribution in [0, 0.1) is 5.92 Å². The van der Waals surface area contributed by atoms with Crippen molar-refractivity contribution < 1.29 is 24.2 Å². The maximum atomic E-state index is 12.4. The van der Waals surface area contributed by atoms with Crippen molar-refractivity contribution in [2.75, 3.05) is 13.2 Å². The Morgan fingerprint density at radius 1 is 1.17 bits per heavy atom. The summed E-state index contributed by atoms with van der Waals surface area (Å²) in [7, 11) is 0. The topological polar surface area (TPSA) is 84.9 Å². The fraction of sp³-hybridized carbons (Fsp3) is 0.529. The molecule has 2 saturated carbocycles. The van der Waals surface area contributed by atoms with Gasteiger partial charge in [0.25, 0.3) is 0 Å². The number of benzene rings is 1. The quantitative estimate of drug-likeness (QED) is 0.882. The average molecular weight is 317 g/mol. The molecule has 3 aliphatic rings. The Balaban J connectivity index is 1.43. The molecule has 2 unspecified atom stereocenters. The van der Waals surface area contributed by atoms with Crippen LogP contribution in [0.1, 0.15) is 37.2 Å². The Hall–Kier alpha value is -2.24. The zero-order chi connectivity index (χ0) is 16.0. The highest BCUT2D eigenvalue weighted by Crippen LogP contribution is 2.50. The Bertz CT molecular complexity index is 667. The van der Waals surface area contributed by atoms with Crippen molar-refractivity contribution in [3.63, 3.8) is 0 Å². The average Bonchev–Trinajstić information content (AvgIpc) is 3.30. The van der Waals surface area contributed by atoms with E-state index >= 15 is 0 Å². The number of carbonyl (C=O) groups is 2. The lowest BCUT2D eigenvalue weighted by molar-refractivity contribution is -0.152. The SMILES string of the molecule is O=C(NC1(C(=O)O)CCC1)C1CC1c1ccc2c(c1)OCCO2. The second kappa shape index (κ2) is 5.15. The molecule has 2 fully saturated rings. The number of aliphatic carboxylic acids is 1. The lowest BCUT2D eigenvalue weighted by Crippen LogP contribution is -2.59. The number of carbonyl (C=O) groups excluding carboxylic acids is 1. The van der Waals surface area contributed by atoms with E-state index in [4.69, 9.17) is 9.47 Å². The molecule has 2 atom stereocenters. The van der Waals surface area contributed by atoms with Crippen LogP contribution in [0.3, 0.4) is 0 Å². The van der Waals surface area contributed by atoms with Crippen LogP contribution >= 0.6 is 0 Å². The molecule has 2 aliphatic carbocycles. The summed E-state index contributed by atoms with van der Waals surface area (Å²) >= 11 is 0. The summed E-state index contributed by atoms with van der Waals surface area (Å²) in [6, 6.07) is 5.77. The van der Waals surface area contributed by atoms with E-state index in [0.717, 1.165) is 29.9 Å². The second-order valence-electron chi connectivity index (χ2n) is 6.58. The number of amides is 1. The van der Waals surface area contributed by atoms with E-state index in [1.165, 1.54) is 0 Å². The highest BCUT2D eigenvalue weighted by atomic mass is 16.6. The molecule has 2 N–H and O–H groups in total. The van der Waals surface area contributed by atoms with Crippen LogP contribution in [0.15, 0.2) is 18.2 Å². The predicted octanol–water partition coefficient (Wildman–Crippen LogP) is 1.68. The highest BCUT2D eigenvalue weighted by Gasteiger charge is 2.51. The summed E-state index contributed by atoms with van der Waals surface area (Å²) in [4.78, 5) is 23.7. The van der Waals surface area contributed by atoms with Crippen LogP contribution in [-0.2, 0) is 9.59 Å². The molecule has 1 aliphatic heterocycles. The first-order chi connectivity index (χ1) is 11.1. The molecule has 0 bridgehead atoms. The van der Waals surface area contributed by atoms with Crippen LogP contribution in [0.5, 0.6) is 11.5 Å². The molecular weight excluding hydrogens is 298 g/mol. The summed E-state index contributed by atoms with van der Waals surface area (Å²) in [5.74, 6) is 0.383. The van der Waals surface area contributed by atoms with E-state index < -0.39 is 11.5 Å². The molecule has 0 radical (unpaired) electrons. The zero-order valence-corrected chi connectivity index (χ0v) is 12.7. The van der Waals surface area contributed by atoms with Crippen LogP contribution in [0.25, 0.3) is 0 Å². The van der Waals surface area contributed by atoms with Gasteiger partial charge in [-0.2, -0.15) is 0 Å². The number of rotatable bonds is 4. The monoisotopic (exact) mass is 317 g/mol. The molecule has 4 rings (SSSR count). The number of carboxylic acid groups (broad SMARTS) is 1. The molecule has 6 heteroatoms. The predicted molar refractivity (Wildman–Crippen MR) is 80.6 cm³/mol. The Labute approximate surface area is 133 Å². The first-order valence-electron chi connectivity index (χ1n) is 8.04. The fourth-order valence-electron chi connectivity index (χ4n) is 3.39. The minimum atomic E-state index is -1.03. The Morgan fingerprint density at radius 2 is 1.91 bits per heavy atom. The van der Waals surface area contributed by atoms with Gasteiger partial charge in [0.05, 0.1) is 0 Å². The third-order valence-electron chi connectivity index (χ3n) is 5.10. The summed E-state index contributed by atoms with van der Waals surface area (Å²) in [6.07, 6.45) is 2.65. The maximum Gasteiger partial charge on any atom is 0.329 e. The van der Waals surface area contributed by atoms with Gasteiger partial charge in [0.2, 0.25) is 5.91 Å². The third kappa shape index (κ3) is 2.42. The number of hydrogen-bond donors (Lipinski definition) is 2. The van der Waals surface area contributed by atoms with Gasteiger partial charge in [0, 0.05) is 5.92 Å². The summed E-state index contributed by atoms with van der Waals surface area (Å²) in [5, 5.41) is 12.1. The molecule has 6 nitrogen and oxygen atoms in total. The van der Waals surface area contributed by atoms with Crippen molar-refractivity contribution in [3.8, 4) is 11.5 Å². The van der Waals surface area contributed by atoms with Crippen LogP contribution < -0.4 is 14.8 Å². The molecule has 0 aromatic heterocycles. The maximum absolute atomic E-state index is 12.4. The molecule has 1 amide bonds. The van der Waals surface area contributed by atoms with Crippen LogP contribution in [-0.4, -0.2) is 35.7 Å². The van der Waals surface area contributed by atoms with E-state index in [-0.39, 0.29) is 17.7 Å². The molecule has 23 heavy (non-hydrogen) atoms. The largest absolute Gasteiger partial charge is 0.486 e. The first kappa shape index (κ1) is 14.4. The number of ether oxygens (including phenoxy) is 2. The van der Waals surface area contributed by atoms with Gasteiger partial charge >= 0.3 is 5.97 Å². The summed E-state index contributed by atoms with van der Waals surface area (Å²) in [6.45, 7) is 1.09. The van der Waals surface area contributed by atoms with Gasteiger partial charge in [0.1, 0.15) is 18.8 Å². The molecule has 1 aromatic carbocycles. The van der Waals surface area contributed by atoms with Crippen molar-refractivity contribution in [3.05, 3.63) is 23.8 Å². The number of nitrogens with one attached hydrogen (secondary N) is 1. The van der Waals surface area contributed by atoms with Crippen LogP contribution in [0.2, 0.25) is 0 Å². The number of fused-ring (bicyclic) bond motifs is 1. The smallest absolute Gasteiger partial charge is 0.329 e. The van der Waals surface area contributed by atoms with E-state index in [2.05, 4.69) is 5.32 Å². The number of hydrogen-bond acceptors (Lipinski definition) is 4. The second-order valence-corrected chi connectivity index (χ2v) is 6.58. The van der Waals surface area contributed by atoms with Crippen molar-refractivity contribution in [2.24, 2.45) is 5.92 Å². The van der Waals surface area contributed by atoms with Gasteiger partial charge in [-0.3, -0.25) is 4.79 Å². The van der Waals surface area contributed by atoms with E-state index in [9.17, 15) is 14.7 Å². The van der Waals surface area contributed by atoms with Crippen molar-refractivity contribution >= 4 is 11.9 Å². The molecule has 0 spiro atoms. The molecule has 0 saturated heterocycles. The van der Waals surface area contributed by atoms with Crippen molar-refractivity contribution in [1.82, 2.24) is 5.32 Å². The molecule has 122 valence electrons. The Morgan fingerprint density at radius 3 is 2.57 bits per heavy atom. The minimum Gasteiger partial charge on any atom is -0.486 e. The molecular formula is C17H19NO5. The van der Waals surface area contributed by atoms with Crippen LogP contribution in [0.4, 0.5) is 0 Å². The van der Waals surface area contributed by atoms with Gasteiger partial charge < -0.3 is 19.9 Å². The zero-order valence-electron chi connectivity index (χ0n) is 12.7. The van der Waals surface area contributed by atoms with Crippen molar-refractivity contribution in [2.45, 2.75) is 37.1 Å². The van der Waals surface area contributed by atoms with Gasteiger partial charge in [-0.15, -0.1) is 0 Å². The van der Waals surface area contributed by atoms with Gasteiger partial charge in [-0.1, -0.05) is 6.07 Å². The third-order valence-corrected chi connectivity index (χ3v) is 5.10. The number of carboxylic acids is 1. The Kier molecular flexibility index (Phi) is 3.21. The minimum absolute atomic E-state index is 0.136. The summed E-state index contributed by atoms with van der Waals surface area (Å²) < 4.78 is 11.1. The van der Waals surface area contributed by atoms with Crippen molar-refractivity contribution in [1.29, 1.82) is 0 Å². The highest BCUT2D eigenvalue weighted by molar-refractivity contribution is 5.90. The summed E-state index contributed by atoms with van der Waals surface area (Å²) in [5.41, 5.74) is 0.0178. The molecule has 1 aromatic rings. The fourth-order valence-corrected chi connectivity index (χ4v) is 3.39. The van der Waals surface area contributed by atoms with Gasteiger partial charge in [-0.05, 0) is 49.3 Å². The van der Waals surface area contributed by atoms with E-state index in [1.54, 1.807) is 0 Å². The lowest BCUT2D eigenvalue weighted by atomic mass is 9.76. The molecule has 1 heterocycles. The first-order valence-corrected chi connectivity index (χ1v) is 8.04. The van der Waals surface area contributed by atoms with E-state index in [0.29, 0.717) is 26.1 Å². The van der Waals surface area contributed by atoms with Gasteiger partial charge in [0.15, 0.2) is 11.5 Å². The van der Waals surface area contributed by atoms with E-state index in [1.807, 2.05) is 18.2 Å². The lowest BCUT2D eigenvalue weighted by Gasteiger charge is -2.38. The van der Waals surface area contributed by atoms with Gasteiger partial charge in [-0.25, -0.2) is 4.79 Å². The standard InChI is InChI=1S/C17H19NO5/c19-15(18-17(16(20)21)4-1-5-17)12-9-11(12)10-2-3-13-14(8-10)23-7-6-22-13/h2-3,8,11-12H,1,4-7,9H2,(H,18,19)(H,20,21). The normalized spacial score (nSPS) is 26.8.